The van der Waals surface area contributed by atoms with Crippen molar-refractivity contribution in [1.29, 1.82) is 0 Å². The van der Waals surface area contributed by atoms with Gasteiger partial charge < -0.3 is 15.7 Å². The molecule has 0 aromatic heterocycles. The highest BCUT2D eigenvalue weighted by atomic mass is 32.2. The number of carbonyl (C=O) groups excluding carboxylic acids is 1. The first-order valence-electron chi connectivity index (χ1n) is 8.94. The Kier molecular flexibility index (Phi) is 6.15. The van der Waals surface area contributed by atoms with Gasteiger partial charge in [-0.15, -0.1) is 0 Å². The van der Waals surface area contributed by atoms with E-state index in [1.54, 1.807) is 0 Å². The summed E-state index contributed by atoms with van der Waals surface area (Å²) in [6.45, 7) is 7.29. The number of hydrogen-bond donors (Lipinski definition) is 3. The van der Waals surface area contributed by atoms with Crippen LogP contribution in [0.25, 0.3) is 0 Å². The fraction of sp³-hybridized carbons (Fsp3) is 0.632. The Morgan fingerprint density at radius 2 is 1.77 bits per heavy atom. The average Bonchev–Trinajstić information content (AvgIpc) is 2.58. The molecule has 0 bridgehead atoms. The van der Waals surface area contributed by atoms with E-state index >= 15 is 0 Å². The van der Waals surface area contributed by atoms with Crippen molar-refractivity contribution in [2.24, 2.45) is 0 Å². The van der Waals surface area contributed by atoms with Crippen molar-refractivity contribution in [3.8, 4) is 0 Å². The minimum Gasteiger partial charge on any atom is -0.387 e. The summed E-state index contributed by atoms with van der Waals surface area (Å²) in [7, 11) is -3.55. The second-order valence-corrected chi connectivity index (χ2v) is 10.4. The van der Waals surface area contributed by atoms with Gasteiger partial charge in [-0.1, -0.05) is 45.0 Å². The molecule has 1 saturated heterocycles. The van der Waals surface area contributed by atoms with Gasteiger partial charge in [0.2, 0.25) is 5.91 Å². The van der Waals surface area contributed by atoms with Crippen molar-refractivity contribution in [3.63, 3.8) is 0 Å². The molecule has 3 N–H and O–H groups in total. The number of amides is 1. The molecule has 1 aliphatic heterocycles. The predicted octanol–water partition coefficient (Wildman–Crippen LogP) is 1.30. The summed E-state index contributed by atoms with van der Waals surface area (Å²) >= 11 is 0. The predicted molar refractivity (Wildman–Crippen MR) is 103 cm³/mol. The molecule has 1 aromatic carbocycles. The molecule has 0 saturated carbocycles. The van der Waals surface area contributed by atoms with Crippen molar-refractivity contribution < 1.29 is 18.3 Å². The zero-order valence-corrected chi connectivity index (χ0v) is 16.8. The van der Waals surface area contributed by atoms with Gasteiger partial charge in [0.15, 0.2) is 14.6 Å². The maximum Gasteiger partial charge on any atom is 0.241 e. The van der Waals surface area contributed by atoms with Gasteiger partial charge in [-0.05, 0) is 42.5 Å². The maximum atomic E-state index is 12.7. The minimum absolute atomic E-state index is 0.0155. The van der Waals surface area contributed by atoms with Gasteiger partial charge in [0.25, 0.3) is 0 Å². The highest BCUT2D eigenvalue weighted by Crippen LogP contribution is 2.28. The van der Waals surface area contributed by atoms with E-state index in [0.29, 0.717) is 18.7 Å². The molecular formula is C19H30N2O4S. The van der Waals surface area contributed by atoms with Gasteiger partial charge >= 0.3 is 0 Å². The Morgan fingerprint density at radius 1 is 1.23 bits per heavy atom. The SMILES string of the molecule is CC(C)(C)c1ccc(C(O)CNC(=O)C2(S(C)(=O)=O)CCNCC2)cc1. The molecule has 146 valence electrons. The van der Waals surface area contributed by atoms with Crippen LogP contribution in [0.4, 0.5) is 0 Å². The number of sulfone groups is 1. The minimum atomic E-state index is -3.55. The largest absolute Gasteiger partial charge is 0.387 e. The van der Waals surface area contributed by atoms with Gasteiger partial charge in [-0.2, -0.15) is 0 Å². The van der Waals surface area contributed by atoms with Crippen molar-refractivity contribution in [1.82, 2.24) is 10.6 Å². The van der Waals surface area contributed by atoms with Crippen LogP contribution in [0.15, 0.2) is 24.3 Å². The topological polar surface area (TPSA) is 95.5 Å². The first kappa shape index (κ1) is 20.9. The van der Waals surface area contributed by atoms with Crippen LogP contribution in [0.1, 0.15) is 50.8 Å². The summed E-state index contributed by atoms with van der Waals surface area (Å²) in [5.74, 6) is -0.521. The van der Waals surface area contributed by atoms with Crippen LogP contribution in [-0.4, -0.2) is 50.1 Å². The molecule has 1 unspecified atom stereocenters. The van der Waals surface area contributed by atoms with E-state index in [2.05, 4.69) is 31.4 Å². The van der Waals surface area contributed by atoms with Crippen LogP contribution in [0.3, 0.4) is 0 Å². The van der Waals surface area contributed by atoms with E-state index in [1.165, 1.54) is 0 Å². The Balaban J connectivity index is 2.06. The number of piperidine rings is 1. The number of rotatable bonds is 5. The van der Waals surface area contributed by atoms with Gasteiger partial charge in [0.05, 0.1) is 6.10 Å². The smallest absolute Gasteiger partial charge is 0.241 e. The first-order chi connectivity index (χ1) is 12.0. The lowest BCUT2D eigenvalue weighted by atomic mass is 9.86. The standard InChI is InChI=1S/C19H30N2O4S/c1-18(2,3)15-7-5-14(6-8-15)16(22)13-21-17(23)19(26(4,24)25)9-11-20-12-10-19/h5-8,16,20,22H,9-13H2,1-4H3,(H,21,23). The van der Waals surface area contributed by atoms with Crippen LogP contribution in [0, 0.1) is 0 Å². The number of carbonyl (C=O) groups is 1. The van der Waals surface area contributed by atoms with Crippen LogP contribution in [0.5, 0.6) is 0 Å². The lowest BCUT2D eigenvalue weighted by Crippen LogP contribution is -2.57. The van der Waals surface area contributed by atoms with Gasteiger partial charge in [-0.3, -0.25) is 4.79 Å². The molecule has 0 spiro atoms. The summed E-state index contributed by atoms with van der Waals surface area (Å²) in [4.78, 5) is 12.7. The van der Waals surface area contributed by atoms with Crippen molar-refractivity contribution in [3.05, 3.63) is 35.4 Å². The van der Waals surface area contributed by atoms with E-state index in [1.807, 2.05) is 24.3 Å². The van der Waals surface area contributed by atoms with Crippen LogP contribution < -0.4 is 10.6 Å². The molecule has 2 rings (SSSR count). The number of aliphatic hydroxyl groups excluding tert-OH is 1. The van der Waals surface area contributed by atoms with Gasteiger partial charge in [-0.25, -0.2) is 8.42 Å². The molecular weight excluding hydrogens is 352 g/mol. The third-order valence-electron chi connectivity index (χ3n) is 5.15. The number of nitrogens with one attached hydrogen (secondary N) is 2. The monoisotopic (exact) mass is 382 g/mol. The highest BCUT2D eigenvalue weighted by Gasteiger charge is 2.48. The normalized spacial score (nSPS) is 19.0. The molecule has 0 radical (unpaired) electrons. The van der Waals surface area contributed by atoms with E-state index < -0.39 is 26.6 Å². The molecule has 1 amide bonds. The highest BCUT2D eigenvalue weighted by molar-refractivity contribution is 7.92. The van der Waals surface area contributed by atoms with Crippen LogP contribution in [0.2, 0.25) is 0 Å². The maximum absolute atomic E-state index is 12.7. The van der Waals surface area contributed by atoms with Crippen molar-refractivity contribution in [2.75, 3.05) is 25.9 Å². The third kappa shape index (κ3) is 4.45. The Bertz CT molecular complexity index is 730. The molecule has 1 atom stereocenters. The zero-order valence-electron chi connectivity index (χ0n) is 16.0. The summed E-state index contributed by atoms with van der Waals surface area (Å²) in [5.41, 5.74) is 1.87. The average molecular weight is 383 g/mol. The summed E-state index contributed by atoms with van der Waals surface area (Å²) in [6, 6.07) is 7.61. The lowest BCUT2D eigenvalue weighted by molar-refractivity contribution is -0.124. The summed E-state index contributed by atoms with van der Waals surface area (Å²) in [6.07, 6.45) is 0.716. The van der Waals surface area contributed by atoms with E-state index in [4.69, 9.17) is 0 Å². The van der Waals surface area contributed by atoms with E-state index in [9.17, 15) is 18.3 Å². The van der Waals surface area contributed by atoms with Crippen molar-refractivity contribution in [2.45, 2.75) is 49.9 Å². The molecule has 0 aliphatic carbocycles. The Morgan fingerprint density at radius 3 is 2.23 bits per heavy atom. The molecule has 1 aliphatic rings. The molecule has 1 fully saturated rings. The zero-order chi connectivity index (χ0) is 19.6. The molecule has 6 nitrogen and oxygen atoms in total. The third-order valence-corrected chi connectivity index (χ3v) is 7.17. The Labute approximate surface area is 156 Å². The first-order valence-corrected chi connectivity index (χ1v) is 10.8. The van der Waals surface area contributed by atoms with Crippen molar-refractivity contribution >= 4 is 15.7 Å². The number of hydrogen-bond acceptors (Lipinski definition) is 5. The molecule has 1 aromatic rings. The lowest BCUT2D eigenvalue weighted by Gasteiger charge is -2.34. The van der Waals surface area contributed by atoms with Crippen LogP contribution >= 0.6 is 0 Å². The van der Waals surface area contributed by atoms with Gasteiger partial charge in [0.1, 0.15) is 0 Å². The molecule has 26 heavy (non-hydrogen) atoms. The second-order valence-electron chi connectivity index (χ2n) is 8.11. The Hall–Kier alpha value is -1.44. The quantitative estimate of drug-likeness (QED) is 0.713. The summed E-state index contributed by atoms with van der Waals surface area (Å²) < 4.78 is 23.1. The second kappa shape index (κ2) is 7.66. The van der Waals surface area contributed by atoms with Crippen LogP contribution in [-0.2, 0) is 20.0 Å². The number of benzene rings is 1. The molecule has 1 heterocycles. The number of aliphatic hydroxyl groups is 1. The fourth-order valence-electron chi connectivity index (χ4n) is 3.27. The molecule has 7 heteroatoms. The summed E-state index contributed by atoms with van der Waals surface area (Å²) in [5, 5.41) is 16.1. The fourth-order valence-corrected chi connectivity index (χ4v) is 4.63. The van der Waals surface area contributed by atoms with E-state index in [-0.39, 0.29) is 24.8 Å². The van der Waals surface area contributed by atoms with E-state index in [0.717, 1.165) is 11.8 Å². The van der Waals surface area contributed by atoms with Gasteiger partial charge in [0, 0.05) is 12.8 Å².